The fourth-order valence-corrected chi connectivity index (χ4v) is 1.85. The molecule has 0 saturated carbocycles. The molecule has 0 aromatic heterocycles. The van der Waals surface area contributed by atoms with Crippen LogP contribution in [0.5, 0.6) is 0 Å². The maximum absolute atomic E-state index is 8.75. The first-order valence-corrected chi connectivity index (χ1v) is 6.81. The third-order valence-corrected chi connectivity index (χ3v) is 3.02. The molecule has 0 bridgehead atoms. The van der Waals surface area contributed by atoms with Gasteiger partial charge in [-0.3, -0.25) is 0 Å². The summed E-state index contributed by atoms with van der Waals surface area (Å²) in [7, 11) is 2.13. The Kier molecular flexibility index (Phi) is 10.7. The molecule has 2 nitrogen and oxygen atoms in total. The summed E-state index contributed by atoms with van der Waals surface area (Å²) in [6, 6.07) is 0. The van der Waals surface area contributed by atoms with Crippen LogP contribution in [-0.2, 0) is 0 Å². The van der Waals surface area contributed by atoms with Crippen LogP contribution in [0.25, 0.3) is 0 Å². The third-order valence-electron chi connectivity index (χ3n) is 3.02. The third kappa shape index (κ3) is 10.3. The molecule has 2 heteroatoms. The van der Waals surface area contributed by atoms with E-state index in [0.29, 0.717) is 0 Å². The van der Waals surface area contributed by atoms with Gasteiger partial charge in [-0.25, -0.2) is 0 Å². The summed E-state index contributed by atoms with van der Waals surface area (Å²) in [6.45, 7) is 10.3. The molecule has 0 amide bonds. The van der Waals surface area contributed by atoms with E-state index in [4.69, 9.17) is 5.11 Å². The zero-order chi connectivity index (χ0) is 13.8. The van der Waals surface area contributed by atoms with E-state index in [0.717, 1.165) is 25.9 Å². The quantitative estimate of drug-likeness (QED) is 0.600. The van der Waals surface area contributed by atoms with Crippen molar-refractivity contribution in [2.75, 3.05) is 26.7 Å². The zero-order valence-electron chi connectivity index (χ0n) is 12.3. The Morgan fingerprint density at radius 3 is 2.44 bits per heavy atom. The number of rotatable bonds is 10. The predicted octanol–water partition coefficient (Wildman–Crippen LogP) is 3.55. The van der Waals surface area contributed by atoms with E-state index in [-0.39, 0.29) is 6.61 Å². The fourth-order valence-electron chi connectivity index (χ4n) is 1.85. The average molecular weight is 251 g/mol. The van der Waals surface area contributed by atoms with Gasteiger partial charge in [-0.2, -0.15) is 0 Å². The molecule has 0 aromatic rings. The van der Waals surface area contributed by atoms with Gasteiger partial charge in [-0.05, 0) is 53.1 Å². The molecule has 1 N–H and O–H groups in total. The van der Waals surface area contributed by atoms with Crippen molar-refractivity contribution in [3.63, 3.8) is 0 Å². The molecular weight excluding hydrogens is 222 g/mol. The van der Waals surface area contributed by atoms with E-state index < -0.39 is 0 Å². The second kappa shape index (κ2) is 11.2. The molecule has 0 unspecified atom stereocenters. The monoisotopic (exact) mass is 251 g/mol. The van der Waals surface area contributed by atoms with Crippen molar-refractivity contribution in [3.8, 4) is 0 Å². The highest BCUT2D eigenvalue weighted by Crippen LogP contribution is 2.10. The van der Waals surface area contributed by atoms with Crippen LogP contribution >= 0.6 is 0 Å². The lowest BCUT2D eigenvalue weighted by molar-refractivity contribution is 0.341. The minimum absolute atomic E-state index is 0.157. The highest BCUT2D eigenvalue weighted by Gasteiger charge is 1.96. The molecule has 0 radical (unpaired) electrons. The average Bonchev–Trinajstić information content (AvgIpc) is 2.29. The van der Waals surface area contributed by atoms with E-state index in [1.807, 2.05) is 12.2 Å². The molecule has 0 heterocycles. The maximum Gasteiger partial charge on any atom is 0.0614 e. The van der Waals surface area contributed by atoms with Gasteiger partial charge < -0.3 is 10.0 Å². The van der Waals surface area contributed by atoms with Crippen LogP contribution in [0, 0.1) is 0 Å². The summed E-state index contributed by atoms with van der Waals surface area (Å²) in [6.07, 6.45) is 10.7. The van der Waals surface area contributed by atoms with E-state index >= 15 is 0 Å². The second-order valence-electron chi connectivity index (χ2n) is 4.98. The molecule has 18 heavy (non-hydrogen) atoms. The van der Waals surface area contributed by atoms with Crippen LogP contribution in [0.1, 0.15) is 39.5 Å². The lowest BCUT2D eigenvalue weighted by atomic mass is 10.1. The van der Waals surface area contributed by atoms with Gasteiger partial charge in [0.2, 0.25) is 0 Å². The van der Waals surface area contributed by atoms with Crippen LogP contribution in [0.4, 0.5) is 0 Å². The molecule has 0 aliphatic heterocycles. The largest absolute Gasteiger partial charge is 0.392 e. The summed E-state index contributed by atoms with van der Waals surface area (Å²) in [5, 5.41) is 8.75. The number of hydrogen-bond donors (Lipinski definition) is 1. The summed E-state index contributed by atoms with van der Waals surface area (Å²) < 4.78 is 0. The summed E-state index contributed by atoms with van der Waals surface area (Å²) in [5.74, 6) is 0. The lowest BCUT2D eigenvalue weighted by Gasteiger charge is -2.13. The number of nitrogens with zero attached hydrogens (tertiary/aromatic N) is 1. The van der Waals surface area contributed by atoms with Crippen molar-refractivity contribution in [3.05, 3.63) is 36.0 Å². The van der Waals surface area contributed by atoms with Gasteiger partial charge in [0, 0.05) is 6.54 Å². The molecule has 0 fully saturated rings. The Morgan fingerprint density at radius 1 is 1.17 bits per heavy atom. The second-order valence-corrected chi connectivity index (χ2v) is 4.98. The van der Waals surface area contributed by atoms with Gasteiger partial charge in [0.15, 0.2) is 0 Å². The molecule has 0 aliphatic carbocycles. The summed E-state index contributed by atoms with van der Waals surface area (Å²) >= 11 is 0. The molecule has 0 rings (SSSR count). The van der Waals surface area contributed by atoms with Gasteiger partial charge in [0.05, 0.1) is 6.61 Å². The number of aliphatic hydroxyl groups is 1. The van der Waals surface area contributed by atoms with Gasteiger partial charge in [0.25, 0.3) is 0 Å². The Hall–Kier alpha value is -0.860. The van der Waals surface area contributed by atoms with Gasteiger partial charge in [-0.1, -0.05) is 29.4 Å². The molecule has 0 aliphatic rings. The van der Waals surface area contributed by atoms with E-state index in [2.05, 4.69) is 38.5 Å². The van der Waals surface area contributed by atoms with Crippen molar-refractivity contribution in [2.45, 2.75) is 39.5 Å². The molecule has 104 valence electrons. The van der Waals surface area contributed by atoms with Crippen LogP contribution in [0.3, 0.4) is 0 Å². The zero-order valence-corrected chi connectivity index (χ0v) is 12.3. The topological polar surface area (TPSA) is 23.5 Å². The van der Waals surface area contributed by atoms with Crippen molar-refractivity contribution in [1.29, 1.82) is 0 Å². The highest BCUT2D eigenvalue weighted by atomic mass is 16.2. The Balaban J connectivity index is 3.71. The van der Waals surface area contributed by atoms with E-state index in [9.17, 15) is 0 Å². The fraction of sp³-hybridized carbons (Fsp3) is 0.625. The SMILES string of the molecule is C=CCN(C)CCCC(C)=CCCC(C)=CCO. The van der Waals surface area contributed by atoms with E-state index in [1.165, 1.54) is 24.0 Å². The molecule has 0 atom stereocenters. The van der Waals surface area contributed by atoms with Crippen molar-refractivity contribution in [1.82, 2.24) is 4.90 Å². The molecule has 0 saturated heterocycles. The first-order chi connectivity index (χ1) is 8.60. The van der Waals surface area contributed by atoms with Crippen LogP contribution in [0.2, 0.25) is 0 Å². The van der Waals surface area contributed by atoms with Crippen LogP contribution in [0.15, 0.2) is 36.0 Å². The van der Waals surface area contributed by atoms with Gasteiger partial charge in [0.1, 0.15) is 0 Å². The number of allylic oxidation sites excluding steroid dienone is 3. The lowest BCUT2D eigenvalue weighted by Crippen LogP contribution is -2.19. The predicted molar refractivity (Wildman–Crippen MR) is 80.8 cm³/mol. The maximum atomic E-state index is 8.75. The molecule has 0 aromatic carbocycles. The minimum Gasteiger partial charge on any atom is -0.392 e. The van der Waals surface area contributed by atoms with Gasteiger partial charge >= 0.3 is 0 Å². The highest BCUT2D eigenvalue weighted by molar-refractivity contribution is 5.03. The molecule has 0 spiro atoms. The van der Waals surface area contributed by atoms with Crippen LogP contribution < -0.4 is 0 Å². The Bertz CT molecular complexity index is 279. The van der Waals surface area contributed by atoms with E-state index in [1.54, 1.807) is 0 Å². The minimum atomic E-state index is 0.157. The number of likely N-dealkylation sites (N-methyl/N-ethyl adjacent to an activating group) is 1. The van der Waals surface area contributed by atoms with Gasteiger partial charge in [-0.15, -0.1) is 6.58 Å². The first-order valence-electron chi connectivity index (χ1n) is 6.81. The normalized spacial score (nSPS) is 13.2. The Labute approximate surface area is 113 Å². The van der Waals surface area contributed by atoms with Crippen LogP contribution in [-0.4, -0.2) is 36.8 Å². The summed E-state index contributed by atoms with van der Waals surface area (Å²) in [5.41, 5.74) is 2.74. The van der Waals surface area contributed by atoms with Crippen molar-refractivity contribution < 1.29 is 5.11 Å². The molecular formula is C16H29NO. The standard InChI is InChI=1S/C16H29NO/c1-5-12-17(4)13-7-10-15(2)8-6-9-16(3)11-14-18/h5,8,11,18H,1,6-7,9-10,12-14H2,2-4H3. The number of aliphatic hydroxyl groups excluding tert-OH is 1. The first kappa shape index (κ1) is 17.1. The van der Waals surface area contributed by atoms with Crippen molar-refractivity contribution in [2.24, 2.45) is 0 Å². The smallest absolute Gasteiger partial charge is 0.0614 e. The Morgan fingerprint density at radius 2 is 1.83 bits per heavy atom. The summed E-state index contributed by atoms with van der Waals surface area (Å²) in [4.78, 5) is 2.29. The number of hydrogen-bond acceptors (Lipinski definition) is 2. The van der Waals surface area contributed by atoms with Crippen molar-refractivity contribution >= 4 is 0 Å².